The summed E-state index contributed by atoms with van der Waals surface area (Å²) >= 11 is 1.65. The van der Waals surface area contributed by atoms with Crippen LogP contribution in [0.25, 0.3) is 0 Å². The zero-order valence-electron chi connectivity index (χ0n) is 21.6. The first-order valence-electron chi connectivity index (χ1n) is 13.1. The fraction of sp³-hybridized carbons (Fsp3) is 0.379. The van der Waals surface area contributed by atoms with Gasteiger partial charge in [-0.05, 0) is 65.9 Å². The summed E-state index contributed by atoms with van der Waals surface area (Å²) in [5.74, 6) is -0.925. The maximum absolute atomic E-state index is 13.9. The number of carbonyl (C=O) groups excluding carboxylic acids is 2. The van der Waals surface area contributed by atoms with Crippen LogP contribution in [0.5, 0.6) is 5.75 Å². The molecule has 0 saturated carbocycles. The Morgan fingerprint density at radius 3 is 2.59 bits per heavy atom. The molecule has 206 valence electrons. The van der Waals surface area contributed by atoms with Crippen molar-refractivity contribution in [2.75, 3.05) is 59.1 Å². The van der Waals surface area contributed by atoms with Gasteiger partial charge in [0.1, 0.15) is 30.5 Å². The lowest BCUT2D eigenvalue weighted by molar-refractivity contribution is -0.135. The van der Waals surface area contributed by atoms with E-state index in [9.17, 15) is 18.4 Å². The summed E-state index contributed by atoms with van der Waals surface area (Å²) in [4.78, 5) is 33.9. The van der Waals surface area contributed by atoms with Gasteiger partial charge in [0.25, 0.3) is 5.91 Å². The molecule has 2 amide bonds. The van der Waals surface area contributed by atoms with Crippen molar-refractivity contribution in [3.8, 4) is 5.75 Å². The minimum atomic E-state index is -0.501. The Labute approximate surface area is 230 Å². The van der Waals surface area contributed by atoms with Crippen LogP contribution in [0.4, 0.5) is 8.78 Å². The maximum Gasteiger partial charge on any atom is 0.254 e. The number of benzene rings is 2. The lowest BCUT2D eigenvalue weighted by Gasteiger charge is -2.37. The Hall–Kier alpha value is -3.34. The first-order chi connectivity index (χ1) is 19.0. The van der Waals surface area contributed by atoms with Crippen LogP contribution in [0, 0.1) is 11.6 Å². The van der Waals surface area contributed by atoms with Gasteiger partial charge < -0.3 is 19.3 Å². The molecule has 0 aliphatic carbocycles. The number of hydrogen-bond donors (Lipinski definition) is 0. The zero-order chi connectivity index (χ0) is 27.2. The highest BCUT2D eigenvalue weighted by Crippen LogP contribution is 2.34. The van der Waals surface area contributed by atoms with E-state index in [0.29, 0.717) is 38.6 Å². The minimum Gasteiger partial charge on any atom is -0.491 e. The summed E-state index contributed by atoms with van der Waals surface area (Å²) in [5.41, 5.74) is 1.23. The number of hydrogen-bond acceptors (Lipinski definition) is 6. The van der Waals surface area contributed by atoms with Gasteiger partial charge in [0, 0.05) is 43.2 Å². The molecule has 5 rings (SSSR count). The van der Waals surface area contributed by atoms with E-state index in [1.807, 2.05) is 11.4 Å². The standard InChI is InChI=1S/C29H31F2N3O4S/c30-22-4-6-24(7-5-22)38-20-26-25-9-17-39-27(25)8-10-34(26)28(35)19-33(12-11-32-13-15-37-16-14-32)29(36)21-2-1-3-23(31)18-21/h1-7,9,17-18,26H,8,10-16,19-20H2. The highest BCUT2D eigenvalue weighted by Gasteiger charge is 2.34. The molecule has 1 saturated heterocycles. The van der Waals surface area contributed by atoms with E-state index in [1.54, 1.807) is 34.4 Å². The van der Waals surface area contributed by atoms with Crippen molar-refractivity contribution in [2.45, 2.75) is 12.5 Å². The number of morpholine rings is 1. The third kappa shape index (κ3) is 6.81. The highest BCUT2D eigenvalue weighted by atomic mass is 32.1. The molecule has 0 spiro atoms. The number of rotatable bonds is 9. The number of thiophene rings is 1. The SMILES string of the molecule is O=C(c1cccc(F)c1)N(CCN1CCOCC1)CC(=O)N1CCc2sccc2C1COc1ccc(F)cc1. The monoisotopic (exact) mass is 555 g/mol. The molecule has 2 aliphatic heterocycles. The van der Waals surface area contributed by atoms with Crippen LogP contribution < -0.4 is 4.74 Å². The van der Waals surface area contributed by atoms with Crippen molar-refractivity contribution in [1.82, 2.24) is 14.7 Å². The Morgan fingerprint density at radius 2 is 1.82 bits per heavy atom. The summed E-state index contributed by atoms with van der Waals surface area (Å²) in [5, 5.41) is 2.01. The molecule has 2 aromatic carbocycles. The molecular weight excluding hydrogens is 524 g/mol. The molecule has 3 heterocycles. The normalized spacial score (nSPS) is 17.5. The summed E-state index contributed by atoms with van der Waals surface area (Å²) in [6.07, 6.45) is 0.720. The van der Waals surface area contributed by atoms with E-state index < -0.39 is 5.82 Å². The zero-order valence-corrected chi connectivity index (χ0v) is 22.4. The van der Waals surface area contributed by atoms with Crippen LogP contribution in [-0.4, -0.2) is 85.6 Å². The third-order valence-corrected chi connectivity index (χ3v) is 8.11. The molecule has 7 nitrogen and oxygen atoms in total. The van der Waals surface area contributed by atoms with E-state index in [-0.39, 0.29) is 42.4 Å². The number of amides is 2. The lowest BCUT2D eigenvalue weighted by Crippen LogP contribution is -2.49. The Balaban J connectivity index is 1.33. The lowest BCUT2D eigenvalue weighted by atomic mass is 10.0. The summed E-state index contributed by atoms with van der Waals surface area (Å²) in [6.45, 7) is 4.25. The molecule has 3 aromatic rings. The van der Waals surface area contributed by atoms with Gasteiger partial charge in [-0.3, -0.25) is 14.5 Å². The largest absolute Gasteiger partial charge is 0.491 e. The first-order valence-corrected chi connectivity index (χ1v) is 13.9. The summed E-state index contributed by atoms with van der Waals surface area (Å²) < 4.78 is 38.7. The van der Waals surface area contributed by atoms with Gasteiger partial charge in [-0.15, -0.1) is 11.3 Å². The first kappa shape index (κ1) is 27.2. The maximum atomic E-state index is 13.9. The summed E-state index contributed by atoms with van der Waals surface area (Å²) in [6, 6.07) is 13.0. The predicted molar refractivity (Wildman–Crippen MR) is 144 cm³/mol. The Kier molecular flexibility index (Phi) is 8.85. The van der Waals surface area contributed by atoms with E-state index in [2.05, 4.69) is 4.90 Å². The fourth-order valence-corrected chi connectivity index (χ4v) is 5.91. The predicted octanol–water partition coefficient (Wildman–Crippen LogP) is 4.01. The highest BCUT2D eigenvalue weighted by molar-refractivity contribution is 7.10. The topological polar surface area (TPSA) is 62.3 Å². The average molecular weight is 556 g/mol. The van der Waals surface area contributed by atoms with Gasteiger partial charge in [-0.25, -0.2) is 8.78 Å². The van der Waals surface area contributed by atoms with E-state index >= 15 is 0 Å². The van der Waals surface area contributed by atoms with E-state index in [4.69, 9.17) is 9.47 Å². The van der Waals surface area contributed by atoms with Gasteiger partial charge in [-0.2, -0.15) is 0 Å². The molecule has 1 aromatic heterocycles. The third-order valence-electron chi connectivity index (χ3n) is 7.11. The van der Waals surface area contributed by atoms with E-state index in [0.717, 1.165) is 25.1 Å². The van der Waals surface area contributed by atoms with Crippen molar-refractivity contribution in [2.24, 2.45) is 0 Å². The molecule has 0 bridgehead atoms. The molecule has 1 unspecified atom stereocenters. The van der Waals surface area contributed by atoms with Gasteiger partial charge in [0.2, 0.25) is 5.91 Å². The van der Waals surface area contributed by atoms with Gasteiger partial charge in [0.15, 0.2) is 0 Å². The molecule has 0 N–H and O–H groups in total. The molecule has 1 fully saturated rings. The second-order valence-corrected chi connectivity index (χ2v) is 10.6. The van der Waals surface area contributed by atoms with Crippen molar-refractivity contribution in [1.29, 1.82) is 0 Å². The smallest absolute Gasteiger partial charge is 0.254 e. The van der Waals surface area contributed by atoms with Crippen molar-refractivity contribution in [3.05, 3.63) is 87.6 Å². The van der Waals surface area contributed by atoms with E-state index in [1.165, 1.54) is 40.1 Å². The fourth-order valence-electron chi connectivity index (χ4n) is 4.98. The molecule has 0 radical (unpaired) electrons. The Morgan fingerprint density at radius 1 is 1.03 bits per heavy atom. The quantitative estimate of drug-likeness (QED) is 0.400. The van der Waals surface area contributed by atoms with Crippen molar-refractivity contribution in [3.63, 3.8) is 0 Å². The van der Waals surface area contributed by atoms with Crippen LogP contribution in [-0.2, 0) is 16.0 Å². The van der Waals surface area contributed by atoms with Crippen LogP contribution in [0.2, 0.25) is 0 Å². The number of carbonyl (C=O) groups is 2. The second-order valence-electron chi connectivity index (χ2n) is 9.61. The van der Waals surface area contributed by atoms with Crippen LogP contribution in [0.1, 0.15) is 26.8 Å². The van der Waals surface area contributed by atoms with Crippen molar-refractivity contribution >= 4 is 23.2 Å². The van der Waals surface area contributed by atoms with Crippen LogP contribution in [0.15, 0.2) is 60.0 Å². The minimum absolute atomic E-state index is 0.133. The number of ether oxygens (including phenoxy) is 2. The molecule has 39 heavy (non-hydrogen) atoms. The van der Waals surface area contributed by atoms with Crippen molar-refractivity contribution < 1.29 is 27.8 Å². The number of fused-ring (bicyclic) bond motifs is 1. The van der Waals surface area contributed by atoms with Gasteiger partial charge in [0.05, 0.1) is 19.3 Å². The number of halogens is 2. The van der Waals surface area contributed by atoms with Crippen LogP contribution >= 0.6 is 11.3 Å². The summed E-state index contributed by atoms with van der Waals surface area (Å²) in [7, 11) is 0. The molecule has 10 heteroatoms. The second kappa shape index (κ2) is 12.7. The molecular formula is C29H31F2N3O4S. The molecule has 1 atom stereocenters. The average Bonchev–Trinajstić information content (AvgIpc) is 3.44. The van der Waals surface area contributed by atoms with Gasteiger partial charge >= 0.3 is 0 Å². The van der Waals surface area contributed by atoms with Gasteiger partial charge in [-0.1, -0.05) is 6.07 Å². The number of nitrogens with zero attached hydrogens (tertiary/aromatic N) is 3. The Bertz CT molecular complexity index is 1280. The molecule has 2 aliphatic rings. The van der Waals surface area contributed by atoms with Crippen LogP contribution in [0.3, 0.4) is 0 Å².